The molecular formula is C27H29N5O3. The van der Waals surface area contributed by atoms with Crippen molar-refractivity contribution in [1.82, 2.24) is 14.9 Å². The lowest BCUT2D eigenvalue weighted by Gasteiger charge is -2.39. The van der Waals surface area contributed by atoms with E-state index in [2.05, 4.69) is 50.5 Å². The van der Waals surface area contributed by atoms with Crippen LogP contribution in [0.1, 0.15) is 18.4 Å². The van der Waals surface area contributed by atoms with Crippen LogP contribution in [-0.4, -0.2) is 65.9 Å². The summed E-state index contributed by atoms with van der Waals surface area (Å²) in [6.07, 6.45) is 8.13. The van der Waals surface area contributed by atoms with E-state index in [1.807, 2.05) is 18.3 Å². The lowest BCUT2D eigenvalue weighted by Crippen LogP contribution is -2.47. The van der Waals surface area contributed by atoms with Crippen LogP contribution >= 0.6 is 0 Å². The lowest BCUT2D eigenvalue weighted by atomic mass is 9.86. The molecule has 180 valence electrons. The first-order chi connectivity index (χ1) is 17.2. The van der Waals surface area contributed by atoms with Crippen LogP contribution < -0.4 is 15.0 Å². The van der Waals surface area contributed by atoms with Gasteiger partial charge in [-0.2, -0.15) is 0 Å². The van der Waals surface area contributed by atoms with Crippen molar-refractivity contribution in [1.29, 1.82) is 0 Å². The molecule has 2 amide bonds. The number of nitrogens with zero attached hydrogens (tertiary/aromatic N) is 4. The molecule has 1 spiro atoms. The number of anilines is 2. The Morgan fingerprint density at radius 1 is 0.943 bits per heavy atom. The van der Waals surface area contributed by atoms with Crippen LogP contribution in [0.15, 0.2) is 61.1 Å². The maximum absolute atomic E-state index is 12.4. The molecule has 1 N–H and O–H groups in total. The van der Waals surface area contributed by atoms with Gasteiger partial charge in [0.05, 0.1) is 19.4 Å². The number of carbonyl (C=O) groups excluding carboxylic acids is 1. The van der Waals surface area contributed by atoms with Gasteiger partial charge < -0.3 is 24.6 Å². The minimum atomic E-state index is -0.132. The number of rotatable bonds is 3. The second-order valence-corrected chi connectivity index (χ2v) is 9.44. The van der Waals surface area contributed by atoms with Crippen LogP contribution in [-0.2, 0) is 11.2 Å². The summed E-state index contributed by atoms with van der Waals surface area (Å²) in [7, 11) is 0. The quantitative estimate of drug-likeness (QED) is 0.623. The molecule has 8 heteroatoms. The number of piperidine rings is 1. The third-order valence-corrected chi connectivity index (χ3v) is 7.22. The van der Waals surface area contributed by atoms with Gasteiger partial charge in [0.15, 0.2) is 0 Å². The average molecular weight is 472 g/mol. The molecule has 6 rings (SSSR count). The predicted octanol–water partition coefficient (Wildman–Crippen LogP) is 3.98. The van der Waals surface area contributed by atoms with E-state index >= 15 is 0 Å². The van der Waals surface area contributed by atoms with E-state index in [0.717, 1.165) is 60.7 Å². The zero-order chi connectivity index (χ0) is 23.7. The third-order valence-electron chi connectivity index (χ3n) is 7.22. The smallest absolute Gasteiger partial charge is 0.321 e. The number of amides is 2. The van der Waals surface area contributed by atoms with Gasteiger partial charge in [0.2, 0.25) is 0 Å². The van der Waals surface area contributed by atoms with Gasteiger partial charge in [0.25, 0.3) is 0 Å². The van der Waals surface area contributed by atoms with Crippen molar-refractivity contribution < 1.29 is 14.3 Å². The van der Waals surface area contributed by atoms with Crippen molar-refractivity contribution in [2.45, 2.75) is 24.9 Å². The molecule has 35 heavy (non-hydrogen) atoms. The highest BCUT2D eigenvalue weighted by atomic mass is 16.5. The van der Waals surface area contributed by atoms with Gasteiger partial charge in [0.1, 0.15) is 17.2 Å². The Morgan fingerprint density at radius 2 is 1.71 bits per heavy atom. The molecule has 3 aromatic rings. The topological polar surface area (TPSA) is 79.8 Å². The van der Waals surface area contributed by atoms with Crippen molar-refractivity contribution in [2.24, 2.45) is 0 Å². The molecule has 3 aliphatic heterocycles. The van der Waals surface area contributed by atoms with Crippen LogP contribution in [0.3, 0.4) is 0 Å². The molecule has 1 aromatic heterocycles. The van der Waals surface area contributed by atoms with E-state index in [1.54, 1.807) is 17.3 Å². The highest BCUT2D eigenvalue weighted by Crippen LogP contribution is 2.43. The minimum absolute atomic E-state index is 0.0774. The van der Waals surface area contributed by atoms with Crippen molar-refractivity contribution >= 4 is 17.5 Å². The summed E-state index contributed by atoms with van der Waals surface area (Å²) in [6.45, 7) is 4.27. The monoisotopic (exact) mass is 471 g/mol. The fraction of sp³-hybridized carbons (Fsp3) is 0.370. The largest absolute Gasteiger partial charge is 0.487 e. The number of carbonyl (C=O) groups is 1. The highest BCUT2D eigenvalue weighted by molar-refractivity contribution is 5.89. The molecule has 2 aromatic carbocycles. The van der Waals surface area contributed by atoms with E-state index in [1.165, 1.54) is 5.56 Å². The fourth-order valence-corrected chi connectivity index (χ4v) is 5.20. The van der Waals surface area contributed by atoms with Gasteiger partial charge in [-0.05, 0) is 41.0 Å². The Hall–Kier alpha value is -3.65. The number of nitrogens with one attached hydrogen (secondary N) is 1. The van der Waals surface area contributed by atoms with Crippen molar-refractivity contribution in [3.8, 4) is 16.9 Å². The number of urea groups is 1. The van der Waals surface area contributed by atoms with E-state index in [4.69, 9.17) is 9.47 Å². The van der Waals surface area contributed by atoms with Crippen LogP contribution in [0, 0.1) is 0 Å². The second kappa shape index (κ2) is 9.19. The Kier molecular flexibility index (Phi) is 5.74. The molecule has 0 atom stereocenters. The molecule has 3 aliphatic rings. The number of fused-ring (bicyclic) bond motifs is 1. The molecule has 2 saturated heterocycles. The summed E-state index contributed by atoms with van der Waals surface area (Å²) in [6, 6.07) is 14.4. The Labute approximate surface area is 204 Å². The first-order valence-electron chi connectivity index (χ1n) is 12.2. The summed E-state index contributed by atoms with van der Waals surface area (Å²) >= 11 is 0. The van der Waals surface area contributed by atoms with Gasteiger partial charge >= 0.3 is 6.03 Å². The number of hydrogen-bond acceptors (Lipinski definition) is 6. The zero-order valence-corrected chi connectivity index (χ0v) is 19.7. The van der Waals surface area contributed by atoms with E-state index in [9.17, 15) is 4.79 Å². The van der Waals surface area contributed by atoms with Gasteiger partial charge in [-0.25, -0.2) is 9.78 Å². The maximum atomic E-state index is 12.4. The first-order valence-corrected chi connectivity index (χ1v) is 12.2. The molecule has 0 bridgehead atoms. The number of morpholine rings is 1. The summed E-state index contributed by atoms with van der Waals surface area (Å²) in [4.78, 5) is 25.1. The van der Waals surface area contributed by atoms with Gasteiger partial charge in [-0.3, -0.25) is 4.98 Å². The van der Waals surface area contributed by atoms with Crippen LogP contribution in [0.2, 0.25) is 0 Å². The molecule has 4 heterocycles. The first kappa shape index (κ1) is 21.9. The highest BCUT2D eigenvalue weighted by Gasteiger charge is 2.42. The molecule has 8 nitrogen and oxygen atoms in total. The molecule has 0 saturated carbocycles. The number of hydrogen-bond donors (Lipinski definition) is 1. The Bertz CT molecular complexity index is 1190. The van der Waals surface area contributed by atoms with E-state index < -0.39 is 0 Å². The average Bonchev–Trinajstić information content (AvgIpc) is 3.27. The fourth-order valence-electron chi connectivity index (χ4n) is 5.20. The van der Waals surface area contributed by atoms with Crippen LogP contribution in [0.25, 0.3) is 11.1 Å². The summed E-state index contributed by atoms with van der Waals surface area (Å²) in [5, 5.41) is 2.99. The normalized spacial score (nSPS) is 18.7. The minimum Gasteiger partial charge on any atom is -0.487 e. The summed E-state index contributed by atoms with van der Waals surface area (Å²) in [5.41, 5.74) is 4.21. The predicted molar refractivity (Wildman–Crippen MR) is 134 cm³/mol. The van der Waals surface area contributed by atoms with Crippen LogP contribution in [0.5, 0.6) is 5.75 Å². The van der Waals surface area contributed by atoms with Gasteiger partial charge in [0, 0.05) is 63.5 Å². The van der Waals surface area contributed by atoms with E-state index in [0.29, 0.717) is 26.3 Å². The van der Waals surface area contributed by atoms with Gasteiger partial charge in [-0.1, -0.05) is 18.2 Å². The second-order valence-electron chi connectivity index (χ2n) is 9.44. The van der Waals surface area contributed by atoms with Gasteiger partial charge in [-0.15, -0.1) is 0 Å². The standard InChI is InChI=1S/C27H29N5O3/c33-26(32-13-15-34-16-14-32)30-23-4-1-20(2-5-23)21-3-6-24-22(17-21)18-27(35-24)7-11-31(12-8-27)25-19-28-9-10-29-25/h1-6,9-10,17,19H,7-8,11-16,18H2,(H,30,33). The maximum Gasteiger partial charge on any atom is 0.321 e. The molecule has 0 radical (unpaired) electrons. The SMILES string of the molecule is O=C(Nc1ccc(-c2ccc3c(c2)CC2(CCN(c4cnccn4)CC2)O3)cc1)N1CCOCC1. The lowest BCUT2D eigenvalue weighted by molar-refractivity contribution is 0.0564. The van der Waals surface area contributed by atoms with E-state index in [-0.39, 0.29) is 11.6 Å². The Morgan fingerprint density at radius 3 is 2.46 bits per heavy atom. The number of benzene rings is 2. The number of aromatic nitrogens is 2. The van der Waals surface area contributed by atoms with Crippen molar-refractivity contribution in [3.05, 3.63) is 66.6 Å². The molecule has 0 unspecified atom stereocenters. The summed E-state index contributed by atoms with van der Waals surface area (Å²) in [5.74, 6) is 1.93. The zero-order valence-electron chi connectivity index (χ0n) is 19.7. The molecular weight excluding hydrogens is 442 g/mol. The van der Waals surface area contributed by atoms with Crippen molar-refractivity contribution in [2.75, 3.05) is 49.6 Å². The van der Waals surface area contributed by atoms with Crippen LogP contribution in [0.4, 0.5) is 16.3 Å². The molecule has 0 aliphatic carbocycles. The Balaban J connectivity index is 1.10. The molecule has 2 fully saturated rings. The number of ether oxygens (including phenoxy) is 2. The van der Waals surface area contributed by atoms with Crippen molar-refractivity contribution in [3.63, 3.8) is 0 Å². The third kappa shape index (κ3) is 4.53. The summed E-state index contributed by atoms with van der Waals surface area (Å²) < 4.78 is 11.8.